The van der Waals surface area contributed by atoms with E-state index in [1.54, 1.807) is 25.3 Å². The molecule has 86 valence electrons. The number of aliphatic hydroxyl groups is 1. The number of halogens is 1. The zero-order chi connectivity index (χ0) is 11.5. The van der Waals surface area contributed by atoms with E-state index < -0.39 is 6.10 Å². The fourth-order valence-electron chi connectivity index (χ4n) is 2.06. The summed E-state index contributed by atoms with van der Waals surface area (Å²) in [6.07, 6.45) is 4.64. The van der Waals surface area contributed by atoms with Gasteiger partial charge >= 0.3 is 0 Å². The highest BCUT2D eigenvalue weighted by molar-refractivity contribution is 6.30. The van der Waals surface area contributed by atoms with Crippen molar-refractivity contribution in [2.24, 2.45) is 0 Å². The van der Waals surface area contributed by atoms with Crippen molar-refractivity contribution in [1.82, 2.24) is 0 Å². The topological polar surface area (TPSA) is 29.5 Å². The maximum Gasteiger partial charge on any atom is 0.125 e. The molecule has 1 aromatic carbocycles. The molecule has 0 spiro atoms. The molecule has 0 radical (unpaired) electrons. The lowest BCUT2D eigenvalue weighted by Crippen LogP contribution is -2.02. The minimum atomic E-state index is -0.587. The van der Waals surface area contributed by atoms with Gasteiger partial charge in [0.2, 0.25) is 0 Å². The molecule has 1 aromatic rings. The minimum absolute atomic E-state index is 0.587. The summed E-state index contributed by atoms with van der Waals surface area (Å²) in [6, 6.07) is 5.32. The molecule has 0 heterocycles. The van der Waals surface area contributed by atoms with Crippen LogP contribution < -0.4 is 4.74 Å². The van der Waals surface area contributed by atoms with Crippen LogP contribution in [0.1, 0.15) is 30.9 Å². The Balaban J connectivity index is 2.34. The molecule has 1 atom stereocenters. The van der Waals surface area contributed by atoms with Gasteiger partial charge < -0.3 is 9.84 Å². The fourth-order valence-corrected chi connectivity index (χ4v) is 2.24. The Bertz CT molecular complexity index is 412. The van der Waals surface area contributed by atoms with Crippen molar-refractivity contribution in [3.63, 3.8) is 0 Å². The molecular weight excluding hydrogens is 224 g/mol. The molecule has 1 aliphatic rings. The van der Waals surface area contributed by atoms with Gasteiger partial charge in [-0.05, 0) is 43.0 Å². The van der Waals surface area contributed by atoms with Crippen molar-refractivity contribution in [2.45, 2.75) is 25.4 Å². The first-order valence-corrected chi connectivity index (χ1v) is 5.80. The fraction of sp³-hybridized carbons (Fsp3) is 0.385. The molecule has 0 fully saturated rings. The average molecular weight is 239 g/mol. The first kappa shape index (κ1) is 11.5. The van der Waals surface area contributed by atoms with Crippen LogP contribution in [0, 0.1) is 0 Å². The molecule has 16 heavy (non-hydrogen) atoms. The van der Waals surface area contributed by atoms with E-state index in [4.69, 9.17) is 16.3 Å². The maximum absolute atomic E-state index is 10.2. The molecule has 2 nitrogen and oxygen atoms in total. The van der Waals surface area contributed by atoms with Gasteiger partial charge in [-0.1, -0.05) is 17.7 Å². The molecule has 0 aromatic heterocycles. The number of ether oxygens (including phenoxy) is 1. The summed E-state index contributed by atoms with van der Waals surface area (Å²) in [7, 11) is 1.60. The second-order valence-electron chi connectivity index (χ2n) is 3.96. The van der Waals surface area contributed by atoms with E-state index in [2.05, 4.69) is 6.08 Å². The highest BCUT2D eigenvalue weighted by Gasteiger charge is 2.19. The third-order valence-corrected chi connectivity index (χ3v) is 3.15. The number of methoxy groups -OCH3 is 1. The Morgan fingerprint density at radius 2 is 2.25 bits per heavy atom. The van der Waals surface area contributed by atoms with Gasteiger partial charge in [0.15, 0.2) is 0 Å². The van der Waals surface area contributed by atoms with Crippen molar-refractivity contribution >= 4 is 11.6 Å². The van der Waals surface area contributed by atoms with Gasteiger partial charge in [0.1, 0.15) is 11.9 Å². The van der Waals surface area contributed by atoms with E-state index in [1.165, 1.54) is 0 Å². The maximum atomic E-state index is 10.2. The van der Waals surface area contributed by atoms with Crippen LogP contribution in [0.2, 0.25) is 5.02 Å². The quantitative estimate of drug-likeness (QED) is 0.817. The van der Waals surface area contributed by atoms with E-state index in [0.717, 1.165) is 30.4 Å². The highest BCUT2D eigenvalue weighted by atomic mass is 35.5. The van der Waals surface area contributed by atoms with Crippen LogP contribution in [0.25, 0.3) is 0 Å². The largest absolute Gasteiger partial charge is 0.496 e. The summed E-state index contributed by atoms with van der Waals surface area (Å²) in [6.45, 7) is 0. The SMILES string of the molecule is COc1ccc(Cl)cc1C(O)C1=CCCC1. The predicted octanol–water partition coefficient (Wildman–Crippen LogP) is 3.49. The van der Waals surface area contributed by atoms with Gasteiger partial charge in [0.05, 0.1) is 7.11 Å². The van der Waals surface area contributed by atoms with E-state index in [9.17, 15) is 5.11 Å². The lowest BCUT2D eigenvalue weighted by molar-refractivity contribution is 0.207. The van der Waals surface area contributed by atoms with Crippen LogP contribution >= 0.6 is 11.6 Å². The van der Waals surface area contributed by atoms with E-state index in [1.807, 2.05) is 0 Å². The smallest absolute Gasteiger partial charge is 0.125 e. The molecule has 0 aliphatic heterocycles. The Morgan fingerprint density at radius 1 is 1.44 bits per heavy atom. The van der Waals surface area contributed by atoms with Crippen LogP contribution in [0.4, 0.5) is 0 Å². The van der Waals surface area contributed by atoms with E-state index in [0.29, 0.717) is 10.8 Å². The molecule has 3 heteroatoms. The molecule has 1 aliphatic carbocycles. The Morgan fingerprint density at radius 3 is 2.88 bits per heavy atom. The third kappa shape index (κ3) is 2.23. The summed E-state index contributed by atoms with van der Waals surface area (Å²) < 4.78 is 5.24. The monoisotopic (exact) mass is 238 g/mol. The van der Waals surface area contributed by atoms with Crippen molar-refractivity contribution in [2.75, 3.05) is 7.11 Å². The van der Waals surface area contributed by atoms with Crippen molar-refractivity contribution < 1.29 is 9.84 Å². The van der Waals surface area contributed by atoms with Crippen LogP contribution in [-0.2, 0) is 0 Å². The van der Waals surface area contributed by atoms with Crippen LogP contribution in [0.3, 0.4) is 0 Å². The zero-order valence-electron chi connectivity index (χ0n) is 9.24. The summed E-state index contributed by atoms with van der Waals surface area (Å²) in [5.41, 5.74) is 1.82. The minimum Gasteiger partial charge on any atom is -0.496 e. The number of allylic oxidation sites excluding steroid dienone is 1. The van der Waals surface area contributed by atoms with Gasteiger partial charge in [0.25, 0.3) is 0 Å². The van der Waals surface area contributed by atoms with Crippen molar-refractivity contribution in [3.8, 4) is 5.75 Å². The second kappa shape index (κ2) is 4.89. The van der Waals surface area contributed by atoms with Gasteiger partial charge in [-0.15, -0.1) is 0 Å². The lowest BCUT2D eigenvalue weighted by Gasteiger charge is -2.16. The number of benzene rings is 1. The second-order valence-corrected chi connectivity index (χ2v) is 4.40. The van der Waals surface area contributed by atoms with E-state index in [-0.39, 0.29) is 0 Å². The van der Waals surface area contributed by atoms with Crippen molar-refractivity contribution in [1.29, 1.82) is 0 Å². The predicted molar refractivity (Wildman–Crippen MR) is 64.9 cm³/mol. The first-order valence-electron chi connectivity index (χ1n) is 5.43. The van der Waals surface area contributed by atoms with Gasteiger partial charge in [-0.3, -0.25) is 0 Å². The van der Waals surface area contributed by atoms with Crippen molar-refractivity contribution in [3.05, 3.63) is 40.4 Å². The zero-order valence-corrected chi connectivity index (χ0v) is 10.00. The Hall–Kier alpha value is -0.990. The molecule has 1 unspecified atom stereocenters. The summed E-state index contributed by atoms with van der Waals surface area (Å²) in [5, 5.41) is 10.9. The molecule has 0 amide bonds. The van der Waals surface area contributed by atoms with Crippen LogP contribution in [0.15, 0.2) is 29.8 Å². The van der Waals surface area contributed by atoms with E-state index >= 15 is 0 Å². The van der Waals surface area contributed by atoms with Crippen LogP contribution in [0.5, 0.6) is 5.75 Å². The molecule has 0 saturated carbocycles. The molecular formula is C13H15ClO2. The third-order valence-electron chi connectivity index (χ3n) is 2.91. The Kier molecular flexibility index (Phi) is 3.52. The highest BCUT2D eigenvalue weighted by Crippen LogP contribution is 2.36. The molecule has 1 N–H and O–H groups in total. The lowest BCUT2D eigenvalue weighted by atomic mass is 10.0. The average Bonchev–Trinajstić information content (AvgIpc) is 2.81. The molecule has 0 saturated heterocycles. The summed E-state index contributed by atoms with van der Waals surface area (Å²) >= 11 is 5.94. The van der Waals surface area contributed by atoms with Crippen LogP contribution in [-0.4, -0.2) is 12.2 Å². The number of hydrogen-bond acceptors (Lipinski definition) is 2. The summed E-state index contributed by atoms with van der Waals surface area (Å²) in [4.78, 5) is 0. The first-order chi connectivity index (χ1) is 7.72. The summed E-state index contributed by atoms with van der Waals surface area (Å²) in [5.74, 6) is 0.685. The number of aliphatic hydroxyl groups excluding tert-OH is 1. The van der Waals surface area contributed by atoms with Gasteiger partial charge in [0, 0.05) is 10.6 Å². The standard InChI is InChI=1S/C13H15ClO2/c1-16-12-7-6-10(14)8-11(12)13(15)9-4-2-3-5-9/h4,6-8,13,15H,2-3,5H2,1H3. The molecule has 0 bridgehead atoms. The Labute approximate surface area is 101 Å². The number of hydrogen-bond donors (Lipinski definition) is 1. The van der Waals surface area contributed by atoms with Gasteiger partial charge in [-0.25, -0.2) is 0 Å². The molecule has 2 rings (SSSR count). The normalized spacial score (nSPS) is 17.1. The number of rotatable bonds is 3. The van der Waals surface area contributed by atoms with Gasteiger partial charge in [-0.2, -0.15) is 0 Å².